The molecule has 0 aliphatic rings. The molecule has 0 radical (unpaired) electrons. The number of aromatic nitrogens is 1. The molecular weight excluding hydrogens is 228 g/mol. The minimum absolute atomic E-state index is 0.656. The summed E-state index contributed by atoms with van der Waals surface area (Å²) in [5.41, 5.74) is 7.80. The number of nitrogens with two attached hydrogens (primary N) is 1. The second-order valence-electron chi connectivity index (χ2n) is 2.86. The van der Waals surface area contributed by atoms with Gasteiger partial charge in [-0.3, -0.25) is 0 Å². The molecule has 1 aromatic carbocycles. The number of para-hydroxylation sites is 1. The van der Waals surface area contributed by atoms with Crippen molar-refractivity contribution in [1.82, 2.24) is 4.98 Å². The summed E-state index contributed by atoms with van der Waals surface area (Å²) in [7, 11) is 0. The summed E-state index contributed by atoms with van der Waals surface area (Å²) < 4.78 is 0.808. The van der Waals surface area contributed by atoms with Crippen LogP contribution in [0.1, 0.15) is 5.56 Å². The van der Waals surface area contributed by atoms with E-state index >= 15 is 0 Å². The lowest BCUT2D eigenvalue weighted by Gasteiger charge is -1.95. The molecule has 0 bridgehead atoms. The van der Waals surface area contributed by atoms with Crippen LogP contribution >= 0.6 is 15.9 Å². The van der Waals surface area contributed by atoms with E-state index in [4.69, 9.17) is 5.73 Å². The summed E-state index contributed by atoms with van der Waals surface area (Å²) in [4.78, 5) is 3.10. The Morgan fingerprint density at radius 1 is 1.38 bits per heavy atom. The van der Waals surface area contributed by atoms with E-state index in [0.29, 0.717) is 5.82 Å². The van der Waals surface area contributed by atoms with Crippen LogP contribution in [-0.2, 0) is 0 Å². The maximum absolute atomic E-state index is 5.81. The number of rotatable bonds is 1. The summed E-state index contributed by atoms with van der Waals surface area (Å²) in [5.74, 6) is 0.656. The maximum Gasteiger partial charge on any atom is 0.110 e. The molecule has 2 nitrogen and oxygen atoms in total. The van der Waals surface area contributed by atoms with Gasteiger partial charge in [-0.25, -0.2) is 0 Å². The second kappa shape index (κ2) is 2.92. The van der Waals surface area contributed by atoms with Gasteiger partial charge in [0.15, 0.2) is 0 Å². The third kappa shape index (κ3) is 1.25. The summed E-state index contributed by atoms with van der Waals surface area (Å²) in [6.07, 6.45) is 0. The normalized spacial score (nSPS) is 10.5. The Morgan fingerprint density at radius 3 is 2.77 bits per heavy atom. The van der Waals surface area contributed by atoms with Crippen LogP contribution in [0.2, 0.25) is 0 Å². The first-order chi connectivity index (χ1) is 6.20. The number of halogens is 1. The van der Waals surface area contributed by atoms with Crippen LogP contribution in [0.15, 0.2) is 30.8 Å². The van der Waals surface area contributed by atoms with Crippen molar-refractivity contribution in [2.45, 2.75) is 0 Å². The summed E-state index contributed by atoms with van der Waals surface area (Å²) >= 11 is 3.34. The zero-order chi connectivity index (χ0) is 9.42. The third-order valence-corrected chi connectivity index (χ3v) is 2.40. The fraction of sp³-hybridized carbons (Fsp3) is 0. The van der Waals surface area contributed by atoms with Crippen LogP contribution < -0.4 is 5.73 Å². The lowest BCUT2D eigenvalue weighted by atomic mass is 10.1. The van der Waals surface area contributed by atoms with Gasteiger partial charge in [-0.05, 0) is 6.07 Å². The first kappa shape index (κ1) is 8.38. The van der Waals surface area contributed by atoms with E-state index in [0.717, 1.165) is 20.9 Å². The number of nitrogens with one attached hydrogen (secondary N) is 1. The highest BCUT2D eigenvalue weighted by Crippen LogP contribution is 2.32. The smallest absolute Gasteiger partial charge is 0.110 e. The number of benzene rings is 1. The SMILES string of the molecule is C=C(Br)c1c(N)[nH]c2ccccc12. The third-order valence-electron chi connectivity index (χ3n) is 2.01. The standard InChI is InChI=1S/C10H9BrN2/c1-6(11)9-7-4-2-3-5-8(7)13-10(9)12/h2-5,13H,1,12H2. The molecule has 0 unspecified atom stereocenters. The van der Waals surface area contributed by atoms with E-state index in [-0.39, 0.29) is 0 Å². The molecule has 0 fully saturated rings. The van der Waals surface area contributed by atoms with Gasteiger partial charge >= 0.3 is 0 Å². The average molecular weight is 237 g/mol. The average Bonchev–Trinajstić information content (AvgIpc) is 2.39. The molecule has 2 rings (SSSR count). The van der Waals surface area contributed by atoms with Crippen molar-refractivity contribution in [3.05, 3.63) is 36.4 Å². The Bertz CT molecular complexity index is 471. The molecule has 0 aliphatic carbocycles. The quantitative estimate of drug-likeness (QED) is 0.786. The van der Waals surface area contributed by atoms with Crippen molar-refractivity contribution in [3.8, 4) is 0 Å². The van der Waals surface area contributed by atoms with Crippen LogP contribution in [0.3, 0.4) is 0 Å². The molecule has 1 aromatic heterocycles. The van der Waals surface area contributed by atoms with Gasteiger partial charge in [0.2, 0.25) is 0 Å². The molecule has 0 saturated heterocycles. The largest absolute Gasteiger partial charge is 0.385 e. The van der Waals surface area contributed by atoms with Crippen molar-refractivity contribution in [2.75, 3.05) is 5.73 Å². The lowest BCUT2D eigenvalue weighted by molar-refractivity contribution is 1.47. The van der Waals surface area contributed by atoms with Gasteiger partial charge in [-0.2, -0.15) is 0 Å². The van der Waals surface area contributed by atoms with E-state index in [1.54, 1.807) is 0 Å². The van der Waals surface area contributed by atoms with Crippen LogP contribution in [-0.4, -0.2) is 4.98 Å². The topological polar surface area (TPSA) is 41.8 Å². The molecule has 3 N–H and O–H groups in total. The summed E-state index contributed by atoms with van der Waals surface area (Å²) in [5, 5.41) is 1.10. The van der Waals surface area contributed by atoms with Crippen LogP contribution in [0, 0.1) is 0 Å². The van der Waals surface area contributed by atoms with E-state index < -0.39 is 0 Å². The first-order valence-corrected chi connectivity index (χ1v) is 4.70. The van der Waals surface area contributed by atoms with Gasteiger partial charge in [-0.1, -0.05) is 40.7 Å². The molecule has 0 spiro atoms. The number of H-pyrrole nitrogens is 1. The molecule has 3 heteroatoms. The van der Waals surface area contributed by atoms with E-state index in [9.17, 15) is 0 Å². The van der Waals surface area contributed by atoms with Gasteiger partial charge in [0, 0.05) is 20.9 Å². The van der Waals surface area contributed by atoms with Crippen molar-refractivity contribution < 1.29 is 0 Å². The minimum Gasteiger partial charge on any atom is -0.385 e. The fourth-order valence-electron chi connectivity index (χ4n) is 1.46. The summed E-state index contributed by atoms with van der Waals surface area (Å²) in [6.45, 7) is 3.83. The molecule has 2 aromatic rings. The van der Waals surface area contributed by atoms with Crippen molar-refractivity contribution >= 4 is 37.1 Å². The molecule has 0 aliphatic heterocycles. The minimum atomic E-state index is 0.656. The van der Waals surface area contributed by atoms with Crippen LogP contribution in [0.5, 0.6) is 0 Å². The summed E-state index contributed by atoms with van der Waals surface area (Å²) in [6, 6.07) is 7.96. The van der Waals surface area contributed by atoms with Gasteiger partial charge in [0.25, 0.3) is 0 Å². The van der Waals surface area contributed by atoms with Crippen molar-refractivity contribution in [3.63, 3.8) is 0 Å². The van der Waals surface area contributed by atoms with Crippen LogP contribution in [0.4, 0.5) is 5.82 Å². The maximum atomic E-state index is 5.81. The highest BCUT2D eigenvalue weighted by atomic mass is 79.9. The molecule has 1 heterocycles. The Balaban J connectivity index is 2.86. The van der Waals surface area contributed by atoms with Crippen molar-refractivity contribution in [1.29, 1.82) is 0 Å². The zero-order valence-electron chi connectivity index (χ0n) is 6.97. The highest BCUT2D eigenvalue weighted by molar-refractivity contribution is 9.15. The van der Waals surface area contributed by atoms with E-state index in [1.165, 1.54) is 0 Å². The van der Waals surface area contributed by atoms with Gasteiger partial charge < -0.3 is 10.7 Å². The predicted octanol–water partition coefficient (Wildman–Crippen LogP) is 3.12. The first-order valence-electron chi connectivity index (χ1n) is 3.91. The fourth-order valence-corrected chi connectivity index (χ4v) is 1.88. The Labute approximate surface area is 84.6 Å². The number of hydrogen-bond acceptors (Lipinski definition) is 1. The number of aromatic amines is 1. The molecule has 0 atom stereocenters. The molecule has 66 valence electrons. The predicted molar refractivity (Wildman–Crippen MR) is 60.7 cm³/mol. The Hall–Kier alpha value is -1.22. The Kier molecular flexibility index (Phi) is 1.88. The van der Waals surface area contributed by atoms with Gasteiger partial charge in [0.1, 0.15) is 5.82 Å². The molecule has 0 amide bonds. The monoisotopic (exact) mass is 236 g/mol. The van der Waals surface area contributed by atoms with Crippen molar-refractivity contribution in [2.24, 2.45) is 0 Å². The van der Waals surface area contributed by atoms with Gasteiger partial charge in [-0.15, -0.1) is 0 Å². The van der Waals surface area contributed by atoms with Crippen LogP contribution in [0.25, 0.3) is 15.4 Å². The Morgan fingerprint density at radius 2 is 2.08 bits per heavy atom. The molecule has 13 heavy (non-hydrogen) atoms. The number of hydrogen-bond donors (Lipinski definition) is 2. The van der Waals surface area contributed by atoms with Gasteiger partial charge in [0.05, 0.1) is 0 Å². The number of fused-ring (bicyclic) bond motifs is 1. The van der Waals surface area contributed by atoms with E-state index in [1.807, 2.05) is 24.3 Å². The number of nitrogen functional groups attached to an aromatic ring is 1. The zero-order valence-corrected chi connectivity index (χ0v) is 8.56. The number of anilines is 1. The molecule has 0 saturated carbocycles. The highest BCUT2D eigenvalue weighted by Gasteiger charge is 2.08. The molecular formula is C10H9BrN2. The lowest BCUT2D eigenvalue weighted by Crippen LogP contribution is -1.87. The second-order valence-corrected chi connectivity index (χ2v) is 3.82. The van der Waals surface area contributed by atoms with E-state index in [2.05, 4.69) is 27.5 Å².